The Morgan fingerprint density at radius 2 is 2.12 bits per heavy atom. The van der Waals surface area contributed by atoms with Gasteiger partial charge in [-0.05, 0) is 49.6 Å². The number of Topliss-reactive ketones (excluding diaryl/α,β-unsaturated/α-hetero) is 1. The molecule has 2 aliphatic heterocycles. The summed E-state index contributed by atoms with van der Waals surface area (Å²) in [6, 6.07) is 13.9. The van der Waals surface area contributed by atoms with Gasteiger partial charge in [-0.1, -0.05) is 18.2 Å². The van der Waals surface area contributed by atoms with Gasteiger partial charge in [-0.3, -0.25) is 4.79 Å². The summed E-state index contributed by atoms with van der Waals surface area (Å²) in [4.78, 5) is 15.3. The number of hydrogen-bond acceptors (Lipinski definition) is 4. The Bertz CT molecular complexity index is 772. The maximum Gasteiger partial charge on any atom is 0.185 e. The third kappa shape index (κ3) is 2.62. The smallest absolute Gasteiger partial charge is 0.185 e. The molecule has 0 aliphatic carbocycles. The van der Waals surface area contributed by atoms with Crippen LogP contribution in [-0.2, 0) is 6.42 Å². The lowest BCUT2D eigenvalue weighted by Crippen LogP contribution is -2.42. The van der Waals surface area contributed by atoms with Gasteiger partial charge in [0.05, 0.1) is 11.7 Å². The number of ether oxygens (including phenoxy) is 1. The highest BCUT2D eigenvalue weighted by atomic mass is 16.5. The molecular weight excluding hydrogens is 300 g/mol. The van der Waals surface area contributed by atoms with Gasteiger partial charge in [0.1, 0.15) is 12.4 Å². The predicted molar refractivity (Wildman–Crippen MR) is 96.3 cm³/mol. The standard InChI is InChI=1S/C20H22N2O2/c1-14(22-11-4-6-15-5-2-3-7-18(15)22)20(23)16-8-9-19-17(13-16)21-10-12-24-19/h2-3,5,7-9,13-14,21H,4,6,10-12H2,1H3. The third-order valence-electron chi connectivity index (χ3n) is 4.93. The summed E-state index contributed by atoms with van der Waals surface area (Å²) in [5.41, 5.74) is 4.19. The number of anilines is 2. The maximum atomic E-state index is 13.0. The first-order valence-electron chi connectivity index (χ1n) is 8.63. The summed E-state index contributed by atoms with van der Waals surface area (Å²) in [6.07, 6.45) is 2.18. The lowest BCUT2D eigenvalue weighted by atomic mass is 9.97. The SMILES string of the molecule is CC(C(=O)c1ccc2c(c1)NCCO2)N1CCCc2ccccc21. The Morgan fingerprint density at radius 1 is 1.25 bits per heavy atom. The van der Waals surface area contributed by atoms with Gasteiger partial charge >= 0.3 is 0 Å². The molecule has 2 aromatic carbocycles. The second-order valence-corrected chi connectivity index (χ2v) is 6.45. The predicted octanol–water partition coefficient (Wildman–Crippen LogP) is 3.51. The van der Waals surface area contributed by atoms with E-state index in [0.29, 0.717) is 6.61 Å². The molecule has 24 heavy (non-hydrogen) atoms. The van der Waals surface area contributed by atoms with E-state index in [4.69, 9.17) is 4.74 Å². The molecule has 124 valence electrons. The molecule has 1 unspecified atom stereocenters. The number of carbonyl (C=O) groups excluding carboxylic acids is 1. The molecule has 4 heteroatoms. The number of ketones is 1. The van der Waals surface area contributed by atoms with E-state index in [2.05, 4.69) is 34.5 Å². The average molecular weight is 322 g/mol. The van der Waals surface area contributed by atoms with Crippen LogP contribution < -0.4 is 15.0 Å². The first kappa shape index (κ1) is 15.1. The molecule has 1 atom stereocenters. The van der Waals surface area contributed by atoms with Crippen LogP contribution in [0.2, 0.25) is 0 Å². The van der Waals surface area contributed by atoms with Crippen LogP contribution in [0.5, 0.6) is 5.75 Å². The van der Waals surface area contributed by atoms with Gasteiger partial charge in [0.25, 0.3) is 0 Å². The number of fused-ring (bicyclic) bond motifs is 2. The number of benzene rings is 2. The fraction of sp³-hybridized carbons (Fsp3) is 0.350. The van der Waals surface area contributed by atoms with E-state index in [1.807, 2.05) is 25.1 Å². The van der Waals surface area contributed by atoms with Gasteiger partial charge in [0.15, 0.2) is 5.78 Å². The van der Waals surface area contributed by atoms with Crippen LogP contribution >= 0.6 is 0 Å². The fourth-order valence-electron chi connectivity index (χ4n) is 3.64. The topological polar surface area (TPSA) is 41.6 Å². The minimum atomic E-state index is -0.172. The van der Waals surface area contributed by atoms with Crippen molar-refractivity contribution in [3.05, 3.63) is 53.6 Å². The summed E-state index contributed by atoms with van der Waals surface area (Å²) < 4.78 is 5.60. The van der Waals surface area contributed by atoms with E-state index >= 15 is 0 Å². The highest BCUT2D eigenvalue weighted by Gasteiger charge is 2.27. The van der Waals surface area contributed by atoms with Gasteiger partial charge < -0.3 is 15.0 Å². The molecule has 1 N–H and O–H groups in total. The van der Waals surface area contributed by atoms with Crippen molar-refractivity contribution in [1.29, 1.82) is 0 Å². The molecular formula is C20H22N2O2. The van der Waals surface area contributed by atoms with Crippen LogP contribution in [0.25, 0.3) is 0 Å². The normalized spacial score (nSPS) is 17.1. The summed E-state index contributed by atoms with van der Waals surface area (Å²) in [5.74, 6) is 0.982. The lowest BCUT2D eigenvalue weighted by Gasteiger charge is -2.35. The maximum absolute atomic E-state index is 13.0. The molecule has 0 saturated carbocycles. The summed E-state index contributed by atoms with van der Waals surface area (Å²) in [6.45, 7) is 4.38. The third-order valence-corrected chi connectivity index (χ3v) is 4.93. The Balaban J connectivity index is 1.61. The number of nitrogens with one attached hydrogen (secondary N) is 1. The highest BCUT2D eigenvalue weighted by Crippen LogP contribution is 2.31. The first-order valence-corrected chi connectivity index (χ1v) is 8.63. The molecule has 0 radical (unpaired) electrons. The number of carbonyl (C=O) groups is 1. The molecule has 0 spiro atoms. The van der Waals surface area contributed by atoms with E-state index in [9.17, 15) is 4.79 Å². The molecule has 0 aromatic heterocycles. The zero-order valence-corrected chi connectivity index (χ0v) is 13.9. The zero-order chi connectivity index (χ0) is 16.5. The Hall–Kier alpha value is -2.49. The van der Waals surface area contributed by atoms with E-state index in [-0.39, 0.29) is 11.8 Å². The fourth-order valence-corrected chi connectivity index (χ4v) is 3.64. The van der Waals surface area contributed by atoms with Crippen LogP contribution in [0.1, 0.15) is 29.3 Å². The number of para-hydroxylation sites is 1. The van der Waals surface area contributed by atoms with Crippen molar-refractivity contribution in [3.8, 4) is 5.75 Å². The molecule has 4 nitrogen and oxygen atoms in total. The van der Waals surface area contributed by atoms with Gasteiger partial charge in [-0.2, -0.15) is 0 Å². The Morgan fingerprint density at radius 3 is 3.04 bits per heavy atom. The Kier molecular flexibility index (Phi) is 3.89. The molecule has 0 fully saturated rings. The first-order chi connectivity index (χ1) is 11.7. The van der Waals surface area contributed by atoms with Crippen molar-refractivity contribution in [2.45, 2.75) is 25.8 Å². The van der Waals surface area contributed by atoms with E-state index < -0.39 is 0 Å². The second kappa shape index (κ2) is 6.19. The molecule has 0 saturated heterocycles. The van der Waals surface area contributed by atoms with E-state index in [1.165, 1.54) is 11.3 Å². The van der Waals surface area contributed by atoms with Crippen LogP contribution in [0.3, 0.4) is 0 Å². The quantitative estimate of drug-likeness (QED) is 0.878. The van der Waals surface area contributed by atoms with Gasteiger partial charge in [0.2, 0.25) is 0 Å². The molecule has 2 heterocycles. The number of rotatable bonds is 3. The minimum Gasteiger partial charge on any atom is -0.490 e. The summed E-state index contributed by atoms with van der Waals surface area (Å²) >= 11 is 0. The molecule has 4 rings (SSSR count). The molecule has 2 aliphatic rings. The second-order valence-electron chi connectivity index (χ2n) is 6.45. The lowest BCUT2D eigenvalue weighted by molar-refractivity contribution is 0.0963. The highest BCUT2D eigenvalue weighted by molar-refractivity contribution is 6.02. The van der Waals surface area contributed by atoms with Gasteiger partial charge in [-0.15, -0.1) is 0 Å². The summed E-state index contributed by atoms with van der Waals surface area (Å²) in [5, 5.41) is 3.30. The van der Waals surface area contributed by atoms with E-state index in [1.54, 1.807) is 0 Å². The number of aryl methyl sites for hydroxylation is 1. The molecule has 2 aromatic rings. The van der Waals surface area contributed by atoms with Crippen molar-refractivity contribution < 1.29 is 9.53 Å². The van der Waals surface area contributed by atoms with Crippen LogP contribution in [0.4, 0.5) is 11.4 Å². The van der Waals surface area contributed by atoms with Crippen molar-refractivity contribution in [3.63, 3.8) is 0 Å². The van der Waals surface area contributed by atoms with Gasteiger partial charge in [0, 0.05) is 24.3 Å². The summed E-state index contributed by atoms with van der Waals surface area (Å²) in [7, 11) is 0. The van der Waals surface area contributed by atoms with Crippen molar-refractivity contribution in [1.82, 2.24) is 0 Å². The monoisotopic (exact) mass is 322 g/mol. The van der Waals surface area contributed by atoms with Crippen molar-refractivity contribution >= 4 is 17.2 Å². The van der Waals surface area contributed by atoms with Crippen LogP contribution in [0.15, 0.2) is 42.5 Å². The minimum absolute atomic E-state index is 0.155. The van der Waals surface area contributed by atoms with E-state index in [0.717, 1.165) is 42.9 Å². The number of nitrogens with zero attached hydrogens (tertiary/aromatic N) is 1. The van der Waals surface area contributed by atoms with Gasteiger partial charge in [-0.25, -0.2) is 0 Å². The van der Waals surface area contributed by atoms with Crippen molar-refractivity contribution in [2.24, 2.45) is 0 Å². The largest absolute Gasteiger partial charge is 0.490 e. The molecule has 0 amide bonds. The zero-order valence-electron chi connectivity index (χ0n) is 13.9. The average Bonchev–Trinajstić information content (AvgIpc) is 2.66. The van der Waals surface area contributed by atoms with Crippen LogP contribution in [0, 0.1) is 0 Å². The van der Waals surface area contributed by atoms with Crippen molar-refractivity contribution in [2.75, 3.05) is 29.9 Å². The molecule has 0 bridgehead atoms. The number of hydrogen-bond donors (Lipinski definition) is 1. The Labute approximate surface area is 142 Å². The van der Waals surface area contributed by atoms with Crippen LogP contribution in [-0.4, -0.2) is 31.5 Å².